The number of carbonyl (C=O) groups is 2. The van der Waals surface area contributed by atoms with E-state index in [1.165, 1.54) is 6.92 Å². The van der Waals surface area contributed by atoms with Gasteiger partial charge in [-0.2, -0.15) is 0 Å². The van der Waals surface area contributed by atoms with E-state index < -0.39 is 5.54 Å². The molecule has 1 atom stereocenters. The average molecular weight is 328 g/mol. The second-order valence-corrected chi connectivity index (χ2v) is 6.97. The summed E-state index contributed by atoms with van der Waals surface area (Å²) in [6, 6.07) is 7.52. The summed E-state index contributed by atoms with van der Waals surface area (Å²) in [4.78, 5) is 30.8. The van der Waals surface area contributed by atoms with Crippen molar-refractivity contribution in [3.63, 3.8) is 0 Å². The van der Waals surface area contributed by atoms with Crippen LogP contribution in [0.25, 0.3) is 11.0 Å². The van der Waals surface area contributed by atoms with Gasteiger partial charge < -0.3 is 14.8 Å². The Bertz CT molecular complexity index is 793. The van der Waals surface area contributed by atoms with E-state index in [2.05, 4.69) is 10.3 Å². The van der Waals surface area contributed by atoms with Gasteiger partial charge in [-0.1, -0.05) is 12.1 Å². The van der Waals surface area contributed by atoms with Crippen molar-refractivity contribution in [2.75, 3.05) is 6.54 Å². The fourth-order valence-electron chi connectivity index (χ4n) is 3.57. The minimum Gasteiger partial charge on any atom is -0.342 e. The van der Waals surface area contributed by atoms with E-state index in [0.29, 0.717) is 13.0 Å². The van der Waals surface area contributed by atoms with Gasteiger partial charge in [0.15, 0.2) is 0 Å². The fraction of sp³-hybridized carbons (Fsp3) is 0.500. The van der Waals surface area contributed by atoms with E-state index in [1.54, 1.807) is 4.90 Å². The largest absolute Gasteiger partial charge is 0.342 e. The van der Waals surface area contributed by atoms with Crippen LogP contribution in [0.2, 0.25) is 0 Å². The number of carbonyl (C=O) groups excluding carboxylic acids is 2. The molecule has 128 valence electrons. The first-order valence-electron chi connectivity index (χ1n) is 8.32. The number of imidazole rings is 1. The molecule has 1 fully saturated rings. The van der Waals surface area contributed by atoms with E-state index in [0.717, 1.165) is 23.3 Å². The van der Waals surface area contributed by atoms with Gasteiger partial charge >= 0.3 is 0 Å². The Labute approximate surface area is 141 Å². The van der Waals surface area contributed by atoms with Crippen molar-refractivity contribution in [1.82, 2.24) is 19.8 Å². The maximum Gasteiger partial charge on any atom is 0.243 e. The Hall–Kier alpha value is -2.37. The van der Waals surface area contributed by atoms with Crippen molar-refractivity contribution in [3.8, 4) is 0 Å². The number of aryl methyl sites for hydroxylation is 1. The van der Waals surface area contributed by atoms with Gasteiger partial charge in [0, 0.05) is 20.5 Å². The van der Waals surface area contributed by atoms with Crippen LogP contribution in [-0.2, 0) is 22.2 Å². The first-order valence-corrected chi connectivity index (χ1v) is 8.32. The highest BCUT2D eigenvalue weighted by atomic mass is 16.2. The molecule has 2 aromatic rings. The molecule has 0 saturated carbocycles. The van der Waals surface area contributed by atoms with Gasteiger partial charge in [-0.05, 0) is 38.8 Å². The number of hydrogen-bond donors (Lipinski definition) is 1. The molecule has 0 aliphatic carbocycles. The Morgan fingerprint density at radius 1 is 1.29 bits per heavy atom. The summed E-state index contributed by atoms with van der Waals surface area (Å²) >= 11 is 0. The molecule has 1 aromatic carbocycles. The van der Waals surface area contributed by atoms with Crippen molar-refractivity contribution >= 4 is 22.8 Å². The molecule has 6 nitrogen and oxygen atoms in total. The number of rotatable bonds is 3. The minimum atomic E-state index is -0.629. The number of nitrogens with one attached hydrogen (secondary N) is 1. The number of para-hydroxylation sites is 2. The molecule has 0 unspecified atom stereocenters. The Balaban J connectivity index is 1.86. The van der Waals surface area contributed by atoms with E-state index >= 15 is 0 Å². The Kier molecular flexibility index (Phi) is 4.07. The Morgan fingerprint density at radius 3 is 2.67 bits per heavy atom. The van der Waals surface area contributed by atoms with Crippen molar-refractivity contribution in [2.45, 2.75) is 45.2 Å². The van der Waals surface area contributed by atoms with E-state index in [1.807, 2.05) is 49.7 Å². The van der Waals surface area contributed by atoms with E-state index in [-0.39, 0.29) is 17.9 Å². The standard InChI is InChI=1S/C18H24N4O2/c1-12(23)22-11-7-10-15(22)16(24)20-18(2,3)17-19-13-8-5-6-9-14(13)21(17)4/h5-6,8-9,15H,7,10-11H2,1-4H3,(H,20,24)/t15-/m0/s1. The molecule has 0 bridgehead atoms. The highest BCUT2D eigenvalue weighted by Crippen LogP contribution is 2.25. The van der Waals surface area contributed by atoms with Crippen LogP contribution in [0, 0.1) is 0 Å². The van der Waals surface area contributed by atoms with Crippen LogP contribution in [0.15, 0.2) is 24.3 Å². The lowest BCUT2D eigenvalue weighted by atomic mass is 10.0. The number of fused-ring (bicyclic) bond motifs is 1. The van der Waals surface area contributed by atoms with Gasteiger partial charge in [-0.25, -0.2) is 4.98 Å². The molecule has 1 aromatic heterocycles. The maximum atomic E-state index is 12.7. The SMILES string of the molecule is CC(=O)N1CCC[C@H]1C(=O)NC(C)(C)c1nc2ccccc2n1C. The third-order valence-electron chi connectivity index (χ3n) is 4.74. The second kappa shape index (κ2) is 5.92. The molecule has 1 N–H and O–H groups in total. The Morgan fingerprint density at radius 2 is 2.00 bits per heavy atom. The van der Waals surface area contributed by atoms with Crippen LogP contribution in [0.1, 0.15) is 39.4 Å². The van der Waals surface area contributed by atoms with Gasteiger partial charge in [-0.3, -0.25) is 9.59 Å². The molecule has 2 amide bonds. The first-order chi connectivity index (χ1) is 11.3. The van der Waals surface area contributed by atoms with E-state index in [4.69, 9.17) is 0 Å². The number of nitrogens with zero attached hydrogens (tertiary/aromatic N) is 3. The smallest absolute Gasteiger partial charge is 0.243 e. The molecule has 1 aliphatic heterocycles. The first kappa shape index (κ1) is 16.5. The summed E-state index contributed by atoms with van der Waals surface area (Å²) in [5.74, 6) is 0.636. The maximum absolute atomic E-state index is 12.7. The highest BCUT2D eigenvalue weighted by Gasteiger charge is 2.36. The number of hydrogen-bond acceptors (Lipinski definition) is 3. The summed E-state index contributed by atoms with van der Waals surface area (Å²) in [6.07, 6.45) is 1.58. The summed E-state index contributed by atoms with van der Waals surface area (Å²) in [5, 5.41) is 3.08. The molecular formula is C18H24N4O2. The van der Waals surface area contributed by atoms with Gasteiger partial charge in [0.25, 0.3) is 0 Å². The molecule has 2 heterocycles. The van der Waals surface area contributed by atoms with Gasteiger partial charge in [0.05, 0.1) is 16.6 Å². The van der Waals surface area contributed by atoms with Gasteiger partial charge in [-0.15, -0.1) is 0 Å². The van der Waals surface area contributed by atoms with Crippen molar-refractivity contribution in [2.24, 2.45) is 7.05 Å². The number of aromatic nitrogens is 2. The monoisotopic (exact) mass is 328 g/mol. The van der Waals surface area contributed by atoms with Crippen LogP contribution < -0.4 is 5.32 Å². The zero-order valence-corrected chi connectivity index (χ0v) is 14.7. The van der Waals surface area contributed by atoms with Crippen LogP contribution in [-0.4, -0.2) is 38.9 Å². The molecular weight excluding hydrogens is 304 g/mol. The lowest BCUT2D eigenvalue weighted by Crippen LogP contribution is -2.51. The summed E-state index contributed by atoms with van der Waals surface area (Å²) in [5.41, 5.74) is 1.31. The topological polar surface area (TPSA) is 67.2 Å². The fourth-order valence-corrected chi connectivity index (χ4v) is 3.57. The predicted molar refractivity (Wildman–Crippen MR) is 92.3 cm³/mol. The van der Waals surface area contributed by atoms with Crippen molar-refractivity contribution < 1.29 is 9.59 Å². The number of benzene rings is 1. The molecule has 1 saturated heterocycles. The average Bonchev–Trinajstić information content (AvgIpc) is 3.13. The van der Waals surface area contributed by atoms with Crippen LogP contribution in [0.3, 0.4) is 0 Å². The van der Waals surface area contributed by atoms with Crippen LogP contribution in [0.5, 0.6) is 0 Å². The van der Waals surface area contributed by atoms with Gasteiger partial charge in [0.1, 0.15) is 11.9 Å². The third kappa shape index (κ3) is 2.77. The molecule has 3 rings (SSSR count). The quantitative estimate of drug-likeness (QED) is 0.936. The lowest BCUT2D eigenvalue weighted by Gasteiger charge is -2.30. The van der Waals surface area contributed by atoms with Crippen molar-refractivity contribution in [3.05, 3.63) is 30.1 Å². The number of likely N-dealkylation sites (tertiary alicyclic amines) is 1. The molecule has 24 heavy (non-hydrogen) atoms. The normalized spacial score (nSPS) is 18.2. The van der Waals surface area contributed by atoms with Crippen LogP contribution in [0.4, 0.5) is 0 Å². The lowest BCUT2D eigenvalue weighted by molar-refractivity contribution is -0.137. The summed E-state index contributed by atoms with van der Waals surface area (Å²) in [7, 11) is 1.95. The molecule has 6 heteroatoms. The zero-order valence-electron chi connectivity index (χ0n) is 14.7. The predicted octanol–water partition coefficient (Wildman–Crippen LogP) is 1.94. The summed E-state index contributed by atoms with van der Waals surface area (Å²) in [6.45, 7) is 6.06. The number of amides is 2. The van der Waals surface area contributed by atoms with Crippen LogP contribution >= 0.6 is 0 Å². The zero-order chi connectivity index (χ0) is 17.5. The second-order valence-electron chi connectivity index (χ2n) is 6.97. The third-order valence-corrected chi connectivity index (χ3v) is 4.74. The van der Waals surface area contributed by atoms with Gasteiger partial charge in [0.2, 0.25) is 11.8 Å². The highest BCUT2D eigenvalue weighted by molar-refractivity contribution is 5.88. The minimum absolute atomic E-state index is 0.0480. The summed E-state index contributed by atoms with van der Waals surface area (Å²) < 4.78 is 2.01. The molecule has 1 aliphatic rings. The van der Waals surface area contributed by atoms with Crippen molar-refractivity contribution in [1.29, 1.82) is 0 Å². The molecule has 0 spiro atoms. The van der Waals surface area contributed by atoms with E-state index in [9.17, 15) is 9.59 Å². The molecule has 0 radical (unpaired) electrons.